The van der Waals surface area contributed by atoms with Crippen molar-refractivity contribution in [3.05, 3.63) is 29.8 Å². The summed E-state index contributed by atoms with van der Waals surface area (Å²) in [7, 11) is 0. The third-order valence-electron chi connectivity index (χ3n) is 2.16. The molecule has 1 aliphatic heterocycles. The lowest BCUT2D eigenvalue weighted by molar-refractivity contribution is -0.160. The number of hydrogen-bond donors (Lipinski definition) is 1. The number of esters is 1. The average molecular weight is 208 g/mol. The minimum Gasteiger partial charge on any atom is -0.508 e. The maximum atomic E-state index is 11.5. The van der Waals surface area contributed by atoms with Gasteiger partial charge in [0.25, 0.3) is 0 Å². The van der Waals surface area contributed by atoms with Crippen LogP contribution >= 0.6 is 0 Å². The van der Waals surface area contributed by atoms with Crippen LogP contribution in [0.5, 0.6) is 5.75 Å². The molecule has 1 heterocycles. The Morgan fingerprint density at radius 2 is 1.87 bits per heavy atom. The lowest BCUT2D eigenvalue weighted by atomic mass is 10.1. The summed E-state index contributed by atoms with van der Waals surface area (Å²) < 4.78 is 10.5. The average Bonchev–Trinajstić information content (AvgIpc) is 2.41. The number of carbonyl (C=O) groups is 1. The second kappa shape index (κ2) is 3.24. The molecule has 1 aromatic rings. The van der Waals surface area contributed by atoms with Crippen molar-refractivity contribution in [3.8, 4) is 5.75 Å². The van der Waals surface area contributed by atoms with E-state index < -0.39 is 17.9 Å². The van der Waals surface area contributed by atoms with Gasteiger partial charge in [-0.15, -0.1) is 0 Å². The third-order valence-corrected chi connectivity index (χ3v) is 2.16. The van der Waals surface area contributed by atoms with E-state index in [-0.39, 0.29) is 5.75 Å². The Morgan fingerprint density at radius 1 is 1.27 bits per heavy atom. The number of ether oxygens (including phenoxy) is 2. The fourth-order valence-corrected chi connectivity index (χ4v) is 1.50. The minimum absolute atomic E-state index is 0.157. The number of cyclic esters (lactones) is 1. The predicted octanol–water partition coefficient (Wildman–Crippen LogP) is 1.74. The summed E-state index contributed by atoms with van der Waals surface area (Å²) in [6.07, 6.45) is -0.694. The number of hydrogen-bond acceptors (Lipinski definition) is 4. The van der Waals surface area contributed by atoms with E-state index >= 15 is 0 Å². The van der Waals surface area contributed by atoms with Crippen LogP contribution in [0, 0.1) is 0 Å². The Balaban J connectivity index is 2.25. The van der Waals surface area contributed by atoms with Gasteiger partial charge in [-0.25, -0.2) is 4.79 Å². The van der Waals surface area contributed by atoms with E-state index in [1.54, 1.807) is 26.0 Å². The second-order valence-corrected chi connectivity index (χ2v) is 3.91. The van der Waals surface area contributed by atoms with E-state index in [0.29, 0.717) is 5.56 Å². The number of phenols is 1. The van der Waals surface area contributed by atoms with Gasteiger partial charge in [0.05, 0.1) is 0 Å². The summed E-state index contributed by atoms with van der Waals surface area (Å²) >= 11 is 0. The van der Waals surface area contributed by atoms with Gasteiger partial charge in [0.2, 0.25) is 5.79 Å². The smallest absolute Gasteiger partial charge is 0.342 e. The van der Waals surface area contributed by atoms with Gasteiger partial charge >= 0.3 is 5.97 Å². The van der Waals surface area contributed by atoms with Crippen molar-refractivity contribution in [2.45, 2.75) is 25.7 Å². The zero-order chi connectivity index (χ0) is 11.1. The quantitative estimate of drug-likeness (QED) is 0.714. The molecule has 2 rings (SSSR count). The van der Waals surface area contributed by atoms with E-state index in [1.807, 2.05) is 0 Å². The van der Waals surface area contributed by atoms with Gasteiger partial charge in [0.15, 0.2) is 6.10 Å². The molecule has 80 valence electrons. The van der Waals surface area contributed by atoms with Crippen molar-refractivity contribution in [2.75, 3.05) is 0 Å². The van der Waals surface area contributed by atoms with Crippen LogP contribution in [0.3, 0.4) is 0 Å². The molecule has 4 nitrogen and oxygen atoms in total. The molecule has 1 unspecified atom stereocenters. The van der Waals surface area contributed by atoms with Crippen LogP contribution in [0.4, 0.5) is 0 Å². The number of aromatic hydroxyl groups is 1. The molecule has 0 saturated carbocycles. The summed E-state index contributed by atoms with van der Waals surface area (Å²) in [5.41, 5.74) is 0.684. The van der Waals surface area contributed by atoms with Crippen LogP contribution in [-0.4, -0.2) is 16.9 Å². The van der Waals surface area contributed by atoms with Gasteiger partial charge in [-0.2, -0.15) is 0 Å². The third kappa shape index (κ3) is 1.94. The highest BCUT2D eigenvalue weighted by Gasteiger charge is 2.41. The molecule has 1 aromatic carbocycles. The van der Waals surface area contributed by atoms with E-state index in [4.69, 9.17) is 14.6 Å². The number of benzene rings is 1. The fraction of sp³-hybridized carbons (Fsp3) is 0.364. The SMILES string of the molecule is CC1(C)OC(=O)C(c2ccc(O)cc2)O1. The first-order valence-electron chi connectivity index (χ1n) is 4.67. The second-order valence-electron chi connectivity index (χ2n) is 3.91. The predicted molar refractivity (Wildman–Crippen MR) is 52.1 cm³/mol. The Labute approximate surface area is 87.4 Å². The summed E-state index contributed by atoms with van der Waals surface area (Å²) in [5, 5.41) is 9.11. The van der Waals surface area contributed by atoms with Crippen LogP contribution < -0.4 is 0 Å². The molecule has 1 saturated heterocycles. The lowest BCUT2D eigenvalue weighted by Gasteiger charge is -2.15. The molecule has 0 bridgehead atoms. The summed E-state index contributed by atoms with van der Waals surface area (Å²) in [6, 6.07) is 6.31. The molecule has 0 spiro atoms. The Morgan fingerprint density at radius 3 is 2.33 bits per heavy atom. The Hall–Kier alpha value is -1.55. The summed E-state index contributed by atoms with van der Waals surface area (Å²) in [4.78, 5) is 11.5. The van der Waals surface area contributed by atoms with E-state index in [9.17, 15) is 4.79 Å². The molecule has 15 heavy (non-hydrogen) atoms. The largest absolute Gasteiger partial charge is 0.508 e. The number of carbonyl (C=O) groups excluding carboxylic acids is 1. The molecule has 4 heteroatoms. The van der Waals surface area contributed by atoms with Gasteiger partial charge in [0, 0.05) is 13.8 Å². The Bertz CT molecular complexity index is 380. The lowest BCUT2D eigenvalue weighted by Crippen LogP contribution is -2.20. The van der Waals surface area contributed by atoms with Crippen LogP contribution in [0.15, 0.2) is 24.3 Å². The van der Waals surface area contributed by atoms with Crippen LogP contribution in [0.25, 0.3) is 0 Å². The standard InChI is InChI=1S/C11H12O4/c1-11(2)14-9(10(13)15-11)7-3-5-8(12)6-4-7/h3-6,9,12H,1-2H3. The van der Waals surface area contributed by atoms with Crippen molar-refractivity contribution in [1.29, 1.82) is 0 Å². The van der Waals surface area contributed by atoms with Crippen molar-refractivity contribution < 1.29 is 19.4 Å². The molecule has 0 amide bonds. The van der Waals surface area contributed by atoms with E-state index in [1.165, 1.54) is 12.1 Å². The topological polar surface area (TPSA) is 55.8 Å². The van der Waals surface area contributed by atoms with Crippen molar-refractivity contribution in [1.82, 2.24) is 0 Å². The van der Waals surface area contributed by atoms with Gasteiger partial charge in [-0.05, 0) is 17.7 Å². The summed E-state index contributed by atoms with van der Waals surface area (Å²) in [6.45, 7) is 3.37. The molecule has 1 aliphatic rings. The highest BCUT2D eigenvalue weighted by Crippen LogP contribution is 2.34. The van der Waals surface area contributed by atoms with Crippen LogP contribution in [0.1, 0.15) is 25.5 Å². The monoisotopic (exact) mass is 208 g/mol. The molecular weight excluding hydrogens is 196 g/mol. The Kier molecular flexibility index (Phi) is 2.16. The normalized spacial score (nSPS) is 23.9. The van der Waals surface area contributed by atoms with Gasteiger partial charge in [-0.1, -0.05) is 12.1 Å². The first kappa shape index (κ1) is 9.98. The fourth-order valence-electron chi connectivity index (χ4n) is 1.50. The van der Waals surface area contributed by atoms with Gasteiger partial charge in [-0.3, -0.25) is 0 Å². The minimum atomic E-state index is -0.875. The zero-order valence-corrected chi connectivity index (χ0v) is 8.56. The molecule has 0 aliphatic carbocycles. The first-order valence-corrected chi connectivity index (χ1v) is 4.67. The molecule has 0 radical (unpaired) electrons. The number of phenolic OH excluding ortho intramolecular Hbond substituents is 1. The summed E-state index contributed by atoms with van der Waals surface area (Å²) in [5.74, 6) is -1.12. The van der Waals surface area contributed by atoms with E-state index in [0.717, 1.165) is 0 Å². The number of rotatable bonds is 1. The maximum Gasteiger partial charge on any atom is 0.342 e. The van der Waals surface area contributed by atoms with Crippen molar-refractivity contribution in [2.24, 2.45) is 0 Å². The van der Waals surface area contributed by atoms with Gasteiger partial charge in [0.1, 0.15) is 5.75 Å². The molecule has 1 N–H and O–H groups in total. The van der Waals surface area contributed by atoms with E-state index in [2.05, 4.69) is 0 Å². The van der Waals surface area contributed by atoms with Crippen LogP contribution in [-0.2, 0) is 14.3 Å². The van der Waals surface area contributed by atoms with Crippen molar-refractivity contribution in [3.63, 3.8) is 0 Å². The zero-order valence-electron chi connectivity index (χ0n) is 8.56. The molecule has 0 aromatic heterocycles. The molecule has 1 atom stereocenters. The highest BCUT2D eigenvalue weighted by molar-refractivity contribution is 5.78. The van der Waals surface area contributed by atoms with Gasteiger partial charge < -0.3 is 14.6 Å². The molecular formula is C11H12O4. The van der Waals surface area contributed by atoms with Crippen LogP contribution in [0.2, 0.25) is 0 Å². The highest BCUT2D eigenvalue weighted by atomic mass is 16.8. The maximum absolute atomic E-state index is 11.5. The van der Waals surface area contributed by atoms with Crippen molar-refractivity contribution >= 4 is 5.97 Å². The first-order chi connectivity index (χ1) is 6.98. The molecule has 1 fully saturated rings.